The maximum atomic E-state index is 14.5. The Hall–Kier alpha value is -2.34. The average Bonchev–Trinajstić information content (AvgIpc) is 3.10. The minimum Gasteiger partial charge on any atom is -0.277 e. The molecule has 4 rings (SSSR count). The Morgan fingerprint density at radius 2 is 1.91 bits per heavy atom. The molecule has 0 aliphatic rings. The molecular formula is C16H13FN4S. The largest absolute Gasteiger partial charge is 0.277 e. The van der Waals surface area contributed by atoms with E-state index < -0.39 is 0 Å². The molecule has 4 aromatic rings. The summed E-state index contributed by atoms with van der Waals surface area (Å²) >= 11 is 1.54. The highest BCUT2D eigenvalue weighted by Gasteiger charge is 2.18. The van der Waals surface area contributed by atoms with Crippen LogP contribution < -0.4 is 0 Å². The minimum absolute atomic E-state index is 0.214. The van der Waals surface area contributed by atoms with Crippen molar-refractivity contribution >= 4 is 32.6 Å². The van der Waals surface area contributed by atoms with E-state index in [1.165, 1.54) is 0 Å². The number of hydrogen-bond donors (Lipinski definition) is 1. The number of aromatic amines is 1. The van der Waals surface area contributed by atoms with Crippen molar-refractivity contribution in [3.05, 3.63) is 40.3 Å². The summed E-state index contributed by atoms with van der Waals surface area (Å²) in [6.45, 7) is 5.50. The maximum absolute atomic E-state index is 14.5. The van der Waals surface area contributed by atoms with Gasteiger partial charge in [-0.2, -0.15) is 5.10 Å². The van der Waals surface area contributed by atoms with Gasteiger partial charge in [-0.15, -0.1) is 0 Å². The lowest BCUT2D eigenvalue weighted by atomic mass is 9.97. The fourth-order valence-electron chi connectivity index (χ4n) is 2.86. The molecule has 0 bridgehead atoms. The summed E-state index contributed by atoms with van der Waals surface area (Å²) in [6.07, 6.45) is 1.73. The second-order valence-electron chi connectivity index (χ2n) is 5.35. The highest BCUT2D eigenvalue weighted by molar-refractivity contribution is 7.18. The highest BCUT2D eigenvalue weighted by Crippen LogP contribution is 2.35. The first kappa shape index (κ1) is 13.3. The third-order valence-corrected chi connectivity index (χ3v) is 4.82. The molecule has 0 spiro atoms. The molecule has 0 saturated carbocycles. The molecule has 0 unspecified atom stereocenters. The van der Waals surface area contributed by atoms with Crippen molar-refractivity contribution in [1.82, 2.24) is 20.2 Å². The fourth-order valence-corrected chi connectivity index (χ4v) is 3.65. The third kappa shape index (κ3) is 1.77. The summed E-state index contributed by atoms with van der Waals surface area (Å²) in [5, 5.41) is 8.81. The summed E-state index contributed by atoms with van der Waals surface area (Å²) < 4.78 is 14.5. The van der Waals surface area contributed by atoms with Crippen LogP contribution in [0, 0.1) is 26.6 Å². The molecule has 1 aromatic carbocycles. The SMILES string of the molecule is Cc1nc2ccc(-c3c(C)c(F)c(C)c4[nH]ncc34)nc2s1. The number of nitrogens with one attached hydrogen (secondary N) is 1. The Bertz CT molecular complexity index is 1030. The van der Waals surface area contributed by atoms with E-state index in [-0.39, 0.29) is 5.82 Å². The van der Waals surface area contributed by atoms with Gasteiger partial charge in [0.25, 0.3) is 0 Å². The van der Waals surface area contributed by atoms with Gasteiger partial charge in [0.15, 0.2) is 0 Å². The average molecular weight is 312 g/mol. The van der Waals surface area contributed by atoms with Gasteiger partial charge in [-0.25, -0.2) is 14.4 Å². The fraction of sp³-hybridized carbons (Fsp3) is 0.188. The summed E-state index contributed by atoms with van der Waals surface area (Å²) in [4.78, 5) is 9.96. The van der Waals surface area contributed by atoms with Crippen molar-refractivity contribution in [3.8, 4) is 11.3 Å². The van der Waals surface area contributed by atoms with Gasteiger partial charge in [0.2, 0.25) is 0 Å². The van der Waals surface area contributed by atoms with Crippen LogP contribution >= 0.6 is 11.3 Å². The molecule has 0 fully saturated rings. The first-order chi connectivity index (χ1) is 10.6. The maximum Gasteiger partial charge on any atom is 0.144 e. The third-order valence-electron chi connectivity index (χ3n) is 3.94. The van der Waals surface area contributed by atoms with Crippen LogP contribution in [0.1, 0.15) is 16.1 Å². The molecule has 110 valence electrons. The molecule has 0 atom stereocenters. The summed E-state index contributed by atoms with van der Waals surface area (Å²) in [5.74, 6) is -0.214. The number of H-pyrrole nitrogens is 1. The lowest BCUT2D eigenvalue weighted by molar-refractivity contribution is 0.612. The van der Waals surface area contributed by atoms with Crippen LogP contribution in [0.5, 0.6) is 0 Å². The molecular weight excluding hydrogens is 299 g/mol. The number of fused-ring (bicyclic) bond motifs is 2. The van der Waals surface area contributed by atoms with Crippen LogP contribution in [0.2, 0.25) is 0 Å². The van der Waals surface area contributed by atoms with Gasteiger partial charge in [0.1, 0.15) is 16.2 Å². The Balaban J connectivity index is 2.09. The molecule has 0 radical (unpaired) electrons. The van der Waals surface area contributed by atoms with Crippen LogP contribution in [-0.2, 0) is 0 Å². The number of rotatable bonds is 1. The van der Waals surface area contributed by atoms with E-state index in [0.717, 1.165) is 37.5 Å². The van der Waals surface area contributed by atoms with E-state index in [2.05, 4.69) is 20.2 Å². The molecule has 4 nitrogen and oxygen atoms in total. The predicted octanol–water partition coefficient (Wildman–Crippen LogP) is 4.30. The molecule has 0 saturated heterocycles. The normalized spacial score (nSPS) is 11.6. The van der Waals surface area contributed by atoms with E-state index in [0.29, 0.717) is 11.1 Å². The quantitative estimate of drug-likeness (QED) is 0.570. The first-order valence-corrected chi connectivity index (χ1v) is 7.74. The first-order valence-electron chi connectivity index (χ1n) is 6.92. The molecule has 3 heterocycles. The number of nitrogens with zero attached hydrogens (tertiary/aromatic N) is 3. The smallest absolute Gasteiger partial charge is 0.144 e. The van der Waals surface area contributed by atoms with Crippen molar-refractivity contribution in [2.45, 2.75) is 20.8 Å². The van der Waals surface area contributed by atoms with Crippen LogP contribution in [0.25, 0.3) is 32.5 Å². The second-order valence-corrected chi connectivity index (χ2v) is 6.53. The van der Waals surface area contributed by atoms with E-state index in [4.69, 9.17) is 0 Å². The molecule has 0 aliphatic heterocycles. The zero-order chi connectivity index (χ0) is 15.4. The Kier molecular flexibility index (Phi) is 2.77. The van der Waals surface area contributed by atoms with Crippen molar-refractivity contribution in [2.75, 3.05) is 0 Å². The van der Waals surface area contributed by atoms with E-state index in [9.17, 15) is 4.39 Å². The number of benzene rings is 1. The zero-order valence-electron chi connectivity index (χ0n) is 12.4. The van der Waals surface area contributed by atoms with Crippen LogP contribution in [0.15, 0.2) is 18.3 Å². The zero-order valence-corrected chi connectivity index (χ0v) is 13.2. The van der Waals surface area contributed by atoms with Crippen LogP contribution in [0.3, 0.4) is 0 Å². The lowest BCUT2D eigenvalue weighted by Gasteiger charge is -2.10. The number of aryl methyl sites for hydroxylation is 2. The number of aromatic nitrogens is 4. The molecule has 0 amide bonds. The Morgan fingerprint density at radius 3 is 2.73 bits per heavy atom. The number of pyridine rings is 1. The van der Waals surface area contributed by atoms with Crippen molar-refractivity contribution in [2.24, 2.45) is 0 Å². The Morgan fingerprint density at radius 1 is 1.09 bits per heavy atom. The molecule has 0 aliphatic carbocycles. The summed E-state index contributed by atoms with van der Waals surface area (Å²) in [7, 11) is 0. The molecule has 22 heavy (non-hydrogen) atoms. The number of thiazole rings is 1. The van der Waals surface area contributed by atoms with Crippen LogP contribution in [0.4, 0.5) is 4.39 Å². The van der Waals surface area contributed by atoms with E-state index in [1.54, 1.807) is 31.4 Å². The minimum atomic E-state index is -0.214. The number of hydrogen-bond acceptors (Lipinski definition) is 4. The van der Waals surface area contributed by atoms with Gasteiger partial charge in [-0.05, 0) is 38.5 Å². The summed E-state index contributed by atoms with van der Waals surface area (Å²) in [5.41, 5.74) is 4.32. The van der Waals surface area contributed by atoms with E-state index >= 15 is 0 Å². The number of halogens is 1. The standard InChI is InChI=1S/C16H13FN4S/c1-7-13(10-6-18-21-15(10)8(2)14(7)17)11-4-5-12-16(20-11)22-9(3)19-12/h4-6H,1-3H3,(H,18,21). The van der Waals surface area contributed by atoms with Gasteiger partial charge in [0.05, 0.1) is 22.4 Å². The van der Waals surface area contributed by atoms with Crippen molar-refractivity contribution < 1.29 is 4.39 Å². The van der Waals surface area contributed by atoms with E-state index in [1.807, 2.05) is 19.1 Å². The molecule has 1 N–H and O–H groups in total. The lowest BCUT2D eigenvalue weighted by Crippen LogP contribution is -1.96. The van der Waals surface area contributed by atoms with Crippen molar-refractivity contribution in [3.63, 3.8) is 0 Å². The predicted molar refractivity (Wildman–Crippen MR) is 86.7 cm³/mol. The summed E-state index contributed by atoms with van der Waals surface area (Å²) in [6, 6.07) is 3.83. The van der Waals surface area contributed by atoms with Gasteiger partial charge >= 0.3 is 0 Å². The highest BCUT2D eigenvalue weighted by atomic mass is 32.1. The molecule has 6 heteroatoms. The van der Waals surface area contributed by atoms with Gasteiger partial charge < -0.3 is 0 Å². The monoisotopic (exact) mass is 312 g/mol. The molecule has 3 aromatic heterocycles. The second kappa shape index (κ2) is 4.58. The van der Waals surface area contributed by atoms with Gasteiger partial charge in [-0.1, -0.05) is 11.3 Å². The van der Waals surface area contributed by atoms with Crippen LogP contribution in [-0.4, -0.2) is 20.2 Å². The van der Waals surface area contributed by atoms with Gasteiger partial charge in [-0.3, -0.25) is 5.10 Å². The Labute approximate surface area is 130 Å². The topological polar surface area (TPSA) is 54.5 Å². The van der Waals surface area contributed by atoms with Gasteiger partial charge in [0, 0.05) is 16.5 Å². The van der Waals surface area contributed by atoms with Crippen molar-refractivity contribution in [1.29, 1.82) is 0 Å².